The van der Waals surface area contributed by atoms with Gasteiger partial charge in [-0.1, -0.05) is 6.07 Å². The summed E-state index contributed by atoms with van der Waals surface area (Å²) in [6, 6.07) is 6.40. The van der Waals surface area contributed by atoms with Gasteiger partial charge in [0.1, 0.15) is 10.7 Å². The van der Waals surface area contributed by atoms with Crippen molar-refractivity contribution in [3.8, 4) is 21.0 Å². The molecule has 0 aliphatic rings. The van der Waals surface area contributed by atoms with Crippen LogP contribution in [0, 0.1) is 6.92 Å². The Labute approximate surface area is 179 Å². The van der Waals surface area contributed by atoms with Gasteiger partial charge < -0.3 is 10.4 Å². The maximum Gasteiger partial charge on any atom is 0.433 e. The highest BCUT2D eigenvalue weighted by atomic mass is 32.1. The highest BCUT2D eigenvalue weighted by Gasteiger charge is 2.32. The molecule has 0 bridgehead atoms. The summed E-state index contributed by atoms with van der Waals surface area (Å²) in [6.07, 6.45) is 1.77. The number of aliphatic hydroxyl groups excluding tert-OH is 1. The van der Waals surface area contributed by atoms with Crippen LogP contribution in [0.3, 0.4) is 0 Å². The Morgan fingerprint density at radius 1 is 1.13 bits per heavy atom. The molecule has 0 radical (unpaired) electrons. The molecule has 0 fully saturated rings. The number of alkyl halides is 3. The van der Waals surface area contributed by atoms with Crippen molar-refractivity contribution in [2.45, 2.75) is 19.6 Å². The van der Waals surface area contributed by atoms with Gasteiger partial charge in [0.2, 0.25) is 5.95 Å². The van der Waals surface area contributed by atoms with Crippen molar-refractivity contribution in [1.82, 2.24) is 24.7 Å². The molecule has 0 atom stereocenters. The maximum absolute atomic E-state index is 12.9. The van der Waals surface area contributed by atoms with E-state index in [0.29, 0.717) is 12.2 Å². The molecule has 11 heteroatoms. The lowest BCUT2D eigenvalue weighted by atomic mass is 10.1. The molecule has 0 unspecified atom stereocenters. The van der Waals surface area contributed by atoms with Crippen LogP contribution in [0.4, 0.5) is 24.8 Å². The fourth-order valence-corrected chi connectivity index (χ4v) is 3.82. The number of aryl methyl sites for hydroxylation is 1. The molecule has 0 aliphatic carbocycles. The van der Waals surface area contributed by atoms with Gasteiger partial charge in [-0.3, -0.25) is 4.68 Å². The Morgan fingerprint density at radius 2 is 1.97 bits per heavy atom. The first-order valence-electron chi connectivity index (χ1n) is 9.20. The largest absolute Gasteiger partial charge is 0.433 e. The third-order valence-corrected chi connectivity index (χ3v) is 5.37. The Hall–Kier alpha value is -3.31. The van der Waals surface area contributed by atoms with Crippen LogP contribution < -0.4 is 5.32 Å². The van der Waals surface area contributed by atoms with E-state index in [1.165, 1.54) is 11.3 Å². The first-order valence-corrected chi connectivity index (χ1v) is 10.0. The topological polar surface area (TPSA) is 88.8 Å². The summed E-state index contributed by atoms with van der Waals surface area (Å²) in [6.45, 7) is 2.30. The van der Waals surface area contributed by atoms with E-state index in [1.807, 2.05) is 25.3 Å². The van der Waals surface area contributed by atoms with Gasteiger partial charge in [0.15, 0.2) is 0 Å². The van der Waals surface area contributed by atoms with Crippen LogP contribution in [0.1, 0.15) is 11.3 Å². The summed E-state index contributed by atoms with van der Waals surface area (Å²) in [5.41, 5.74) is 2.18. The SMILES string of the molecule is Cc1cc(Nc2nccc(C(F)(F)F)n2)cc(-c2cnc(-c3cnn(CCO)c3)s2)c1. The Bertz CT molecular complexity index is 1200. The molecule has 0 aliphatic heterocycles. The molecule has 4 rings (SSSR count). The monoisotopic (exact) mass is 446 g/mol. The molecule has 0 saturated heterocycles. The van der Waals surface area contributed by atoms with Gasteiger partial charge in [0, 0.05) is 29.8 Å². The molecule has 1 aromatic carbocycles. The number of anilines is 2. The minimum Gasteiger partial charge on any atom is -0.394 e. The third kappa shape index (κ3) is 4.89. The quantitative estimate of drug-likeness (QED) is 0.453. The van der Waals surface area contributed by atoms with Crippen molar-refractivity contribution in [1.29, 1.82) is 0 Å². The molecule has 0 saturated carbocycles. The van der Waals surface area contributed by atoms with E-state index in [9.17, 15) is 13.2 Å². The number of nitrogens with one attached hydrogen (secondary N) is 1. The molecule has 7 nitrogen and oxygen atoms in total. The van der Waals surface area contributed by atoms with Crippen LogP contribution in [-0.4, -0.2) is 36.4 Å². The standard InChI is InChI=1S/C20H17F3N6OS/c1-12-6-13(16-10-25-18(31-16)14-9-26-29(11-14)4-5-30)8-15(7-12)27-19-24-3-2-17(28-19)20(21,22)23/h2-3,6-11,30H,4-5H2,1H3,(H,24,27,28). The summed E-state index contributed by atoms with van der Waals surface area (Å²) in [5.74, 6) is -0.132. The maximum atomic E-state index is 12.9. The zero-order valence-corrected chi connectivity index (χ0v) is 17.1. The van der Waals surface area contributed by atoms with Crippen LogP contribution in [0.25, 0.3) is 21.0 Å². The van der Waals surface area contributed by atoms with Crippen molar-refractivity contribution in [3.63, 3.8) is 0 Å². The van der Waals surface area contributed by atoms with Gasteiger partial charge >= 0.3 is 6.18 Å². The second-order valence-electron chi connectivity index (χ2n) is 6.72. The van der Waals surface area contributed by atoms with Crippen molar-refractivity contribution >= 4 is 23.0 Å². The average Bonchev–Trinajstić information content (AvgIpc) is 3.37. The van der Waals surface area contributed by atoms with Gasteiger partial charge in [-0.15, -0.1) is 11.3 Å². The normalized spacial score (nSPS) is 11.6. The van der Waals surface area contributed by atoms with E-state index < -0.39 is 11.9 Å². The fraction of sp³-hybridized carbons (Fsp3) is 0.200. The van der Waals surface area contributed by atoms with Crippen molar-refractivity contribution in [2.75, 3.05) is 11.9 Å². The van der Waals surface area contributed by atoms with E-state index in [2.05, 4.69) is 25.4 Å². The van der Waals surface area contributed by atoms with E-state index >= 15 is 0 Å². The molecule has 160 valence electrons. The number of hydrogen-bond donors (Lipinski definition) is 2. The highest BCUT2D eigenvalue weighted by molar-refractivity contribution is 7.18. The summed E-state index contributed by atoms with van der Waals surface area (Å²) >= 11 is 1.47. The Balaban J connectivity index is 1.59. The minimum atomic E-state index is -4.54. The molecule has 3 heterocycles. The summed E-state index contributed by atoms with van der Waals surface area (Å²) in [4.78, 5) is 12.8. The zero-order chi connectivity index (χ0) is 22.0. The zero-order valence-electron chi connectivity index (χ0n) is 16.3. The average molecular weight is 446 g/mol. The highest BCUT2D eigenvalue weighted by Crippen LogP contribution is 2.34. The van der Waals surface area contributed by atoms with Gasteiger partial charge in [-0.2, -0.15) is 18.3 Å². The third-order valence-electron chi connectivity index (χ3n) is 4.28. The first-order chi connectivity index (χ1) is 14.8. The molecular weight excluding hydrogens is 429 g/mol. The van der Waals surface area contributed by atoms with Crippen LogP contribution in [0.5, 0.6) is 0 Å². The van der Waals surface area contributed by atoms with Gasteiger partial charge in [0.05, 0.1) is 24.2 Å². The molecule has 3 aromatic heterocycles. The van der Waals surface area contributed by atoms with E-state index in [0.717, 1.165) is 38.8 Å². The Morgan fingerprint density at radius 3 is 2.74 bits per heavy atom. The van der Waals surface area contributed by atoms with Crippen molar-refractivity contribution in [2.24, 2.45) is 0 Å². The van der Waals surface area contributed by atoms with Crippen LogP contribution >= 0.6 is 11.3 Å². The lowest BCUT2D eigenvalue weighted by molar-refractivity contribution is -0.141. The predicted molar refractivity (Wildman–Crippen MR) is 111 cm³/mol. The summed E-state index contributed by atoms with van der Waals surface area (Å²) in [5, 5.41) is 16.8. The van der Waals surface area contributed by atoms with E-state index in [4.69, 9.17) is 5.11 Å². The minimum absolute atomic E-state index is 0.00109. The Kier molecular flexibility index (Phi) is 5.70. The number of benzene rings is 1. The van der Waals surface area contributed by atoms with E-state index in [1.54, 1.807) is 23.1 Å². The number of aromatic nitrogens is 5. The number of halogens is 3. The first kappa shape index (κ1) is 20.9. The summed E-state index contributed by atoms with van der Waals surface area (Å²) < 4.78 is 40.3. The van der Waals surface area contributed by atoms with Crippen LogP contribution in [0.2, 0.25) is 0 Å². The van der Waals surface area contributed by atoms with E-state index in [-0.39, 0.29) is 12.6 Å². The molecule has 0 amide bonds. The lowest BCUT2D eigenvalue weighted by Gasteiger charge is -2.10. The van der Waals surface area contributed by atoms with Crippen molar-refractivity contribution in [3.05, 3.63) is 60.3 Å². The number of hydrogen-bond acceptors (Lipinski definition) is 7. The van der Waals surface area contributed by atoms with Crippen LogP contribution in [0.15, 0.2) is 49.1 Å². The van der Waals surface area contributed by atoms with Gasteiger partial charge in [-0.25, -0.2) is 15.0 Å². The summed E-state index contributed by atoms with van der Waals surface area (Å²) in [7, 11) is 0. The molecule has 2 N–H and O–H groups in total. The number of rotatable bonds is 6. The fourth-order valence-electron chi connectivity index (χ4n) is 2.94. The second kappa shape index (κ2) is 8.44. The molecule has 4 aromatic rings. The molecular formula is C20H17F3N6OS. The molecule has 0 spiro atoms. The molecule has 31 heavy (non-hydrogen) atoms. The lowest BCUT2D eigenvalue weighted by Crippen LogP contribution is -2.10. The van der Waals surface area contributed by atoms with Gasteiger partial charge in [-0.05, 0) is 36.2 Å². The second-order valence-corrected chi connectivity index (χ2v) is 7.75. The number of thiazole rings is 1. The predicted octanol–water partition coefficient (Wildman–Crippen LogP) is 4.53. The number of nitrogens with zero attached hydrogens (tertiary/aromatic N) is 5. The smallest absolute Gasteiger partial charge is 0.394 e. The van der Waals surface area contributed by atoms with Crippen LogP contribution in [-0.2, 0) is 12.7 Å². The van der Waals surface area contributed by atoms with Crippen molar-refractivity contribution < 1.29 is 18.3 Å². The number of aliphatic hydroxyl groups is 1. The van der Waals surface area contributed by atoms with Gasteiger partial charge in [0.25, 0.3) is 0 Å².